The molecular formula is C30H32FN5O3S. The molecule has 0 aliphatic heterocycles. The Bertz CT molecular complexity index is 1610. The van der Waals surface area contributed by atoms with E-state index < -0.39 is 20.5 Å². The van der Waals surface area contributed by atoms with Crippen molar-refractivity contribution in [3.63, 3.8) is 0 Å². The van der Waals surface area contributed by atoms with Crippen molar-refractivity contribution < 1.29 is 17.6 Å². The summed E-state index contributed by atoms with van der Waals surface area (Å²) >= 11 is 0. The van der Waals surface area contributed by atoms with E-state index in [1.807, 2.05) is 44.2 Å². The van der Waals surface area contributed by atoms with Crippen LogP contribution >= 0.6 is 0 Å². The minimum Gasteiger partial charge on any atom is -0.334 e. The molecule has 1 N–H and O–H groups in total. The number of benzene rings is 2. The highest BCUT2D eigenvalue weighted by atomic mass is 32.2. The average molecular weight is 562 g/mol. The number of aromatic nitrogens is 3. The summed E-state index contributed by atoms with van der Waals surface area (Å²) in [5.41, 5.74) is 4.10. The highest BCUT2D eigenvalue weighted by Crippen LogP contribution is 2.27. The van der Waals surface area contributed by atoms with Gasteiger partial charge < -0.3 is 10.2 Å². The molecule has 0 aliphatic carbocycles. The number of pyridine rings is 1. The van der Waals surface area contributed by atoms with E-state index in [9.17, 15) is 13.2 Å². The highest BCUT2D eigenvalue weighted by Gasteiger charge is 2.25. The number of hydrogen-bond donors (Lipinski definition) is 1. The number of sulfone groups is 1. The molecule has 0 saturated carbocycles. The van der Waals surface area contributed by atoms with Crippen LogP contribution in [0.5, 0.6) is 0 Å². The summed E-state index contributed by atoms with van der Waals surface area (Å²) < 4.78 is 39.2. The summed E-state index contributed by atoms with van der Waals surface area (Å²) in [5, 5.41) is 3.06. The summed E-state index contributed by atoms with van der Waals surface area (Å²) in [7, 11) is -3.76. The molecule has 8 nitrogen and oxygen atoms in total. The fourth-order valence-electron chi connectivity index (χ4n) is 4.47. The lowest BCUT2D eigenvalue weighted by molar-refractivity contribution is 0.0741. The lowest BCUT2D eigenvalue weighted by Crippen LogP contribution is -2.32. The number of rotatable bonds is 10. The fraction of sp³-hybridized carbons (Fsp3) is 0.267. The van der Waals surface area contributed by atoms with Gasteiger partial charge >= 0.3 is 0 Å². The molecule has 0 fully saturated rings. The van der Waals surface area contributed by atoms with Gasteiger partial charge in [0.25, 0.3) is 5.91 Å². The van der Waals surface area contributed by atoms with Crippen LogP contribution in [0.4, 0.5) is 16.2 Å². The van der Waals surface area contributed by atoms with Crippen molar-refractivity contribution in [2.45, 2.75) is 45.1 Å². The van der Waals surface area contributed by atoms with Crippen molar-refractivity contribution in [3.8, 4) is 11.1 Å². The van der Waals surface area contributed by atoms with Crippen LogP contribution in [-0.2, 0) is 22.8 Å². The highest BCUT2D eigenvalue weighted by molar-refractivity contribution is 7.90. The number of halogens is 1. The van der Waals surface area contributed by atoms with Gasteiger partial charge in [-0.2, -0.15) is 0 Å². The molecule has 0 bridgehead atoms. The van der Waals surface area contributed by atoms with Gasteiger partial charge in [0.05, 0.1) is 0 Å². The van der Waals surface area contributed by atoms with Gasteiger partial charge in [-0.25, -0.2) is 27.8 Å². The summed E-state index contributed by atoms with van der Waals surface area (Å²) in [6.07, 6.45) is 6.91. The molecule has 0 saturated heterocycles. The monoisotopic (exact) mass is 561 g/mol. The Morgan fingerprint density at radius 3 is 2.35 bits per heavy atom. The topological polar surface area (TPSA) is 105 Å². The second kappa shape index (κ2) is 12.3. The molecule has 0 aliphatic rings. The molecule has 1 amide bonds. The maximum atomic E-state index is 15.2. The average Bonchev–Trinajstić information content (AvgIpc) is 2.93. The van der Waals surface area contributed by atoms with Crippen LogP contribution in [0.15, 0.2) is 72.0 Å². The number of nitrogens with one attached hydrogen (secondary N) is 1. The number of aryl methyl sites for hydroxylation is 1. The molecule has 2 heterocycles. The molecule has 40 heavy (non-hydrogen) atoms. The molecule has 4 rings (SSSR count). The Balaban J connectivity index is 1.60. The Hall–Kier alpha value is -4.18. The Kier molecular flexibility index (Phi) is 8.89. The number of nitrogens with zero attached hydrogens (tertiary/aromatic N) is 4. The molecule has 0 spiro atoms. The van der Waals surface area contributed by atoms with Gasteiger partial charge in [0.1, 0.15) is 16.5 Å². The van der Waals surface area contributed by atoms with Gasteiger partial charge in [-0.1, -0.05) is 26.0 Å². The molecule has 0 atom stereocenters. The standard InChI is InChI=1S/C30H32FN5O3S/c1-5-16-36(29(37)25-11-12-26(40(4,38)39)28(31)24(25)6-2)19-23-17-21(9-8-20(23)3)22-10-13-27(34-18-22)35-30-32-14-7-15-33-30/h7-15,17-18H,5-6,16,19H2,1-4H3,(H,32,33,34,35). The number of amides is 1. The zero-order valence-corrected chi connectivity index (χ0v) is 23.8. The van der Waals surface area contributed by atoms with Gasteiger partial charge in [0.15, 0.2) is 9.84 Å². The van der Waals surface area contributed by atoms with Crippen LogP contribution in [-0.4, -0.2) is 47.0 Å². The van der Waals surface area contributed by atoms with E-state index in [0.717, 1.165) is 28.5 Å². The molecule has 2 aromatic heterocycles. The third-order valence-electron chi connectivity index (χ3n) is 6.58. The smallest absolute Gasteiger partial charge is 0.254 e. The van der Waals surface area contributed by atoms with Crippen molar-refractivity contribution in [3.05, 3.63) is 95.2 Å². The summed E-state index contributed by atoms with van der Waals surface area (Å²) in [5.74, 6) is -0.113. The summed E-state index contributed by atoms with van der Waals surface area (Å²) in [6, 6.07) is 14.2. The van der Waals surface area contributed by atoms with Crippen molar-refractivity contribution >= 4 is 27.5 Å². The van der Waals surface area contributed by atoms with E-state index >= 15 is 4.39 Å². The van der Waals surface area contributed by atoms with Crippen molar-refractivity contribution in [2.24, 2.45) is 0 Å². The molecule has 4 aromatic rings. The molecule has 10 heteroatoms. The first kappa shape index (κ1) is 28.8. The minimum atomic E-state index is -3.76. The van der Waals surface area contributed by atoms with Crippen LogP contribution in [0.25, 0.3) is 11.1 Å². The lowest BCUT2D eigenvalue weighted by atomic mass is 9.99. The predicted octanol–water partition coefficient (Wildman–Crippen LogP) is 5.75. The second-order valence-electron chi connectivity index (χ2n) is 9.53. The first-order valence-electron chi connectivity index (χ1n) is 13.0. The normalized spacial score (nSPS) is 11.3. The SMILES string of the molecule is CCCN(Cc1cc(-c2ccc(Nc3ncccn3)nc2)ccc1C)C(=O)c1ccc(S(C)(=O)=O)c(F)c1CC. The number of carbonyl (C=O) groups is 1. The largest absolute Gasteiger partial charge is 0.334 e. The lowest BCUT2D eigenvalue weighted by Gasteiger charge is -2.25. The summed E-state index contributed by atoms with van der Waals surface area (Å²) in [6.45, 7) is 6.45. The van der Waals surface area contributed by atoms with Crippen molar-refractivity contribution in [2.75, 3.05) is 18.1 Å². The van der Waals surface area contributed by atoms with Crippen molar-refractivity contribution in [1.29, 1.82) is 0 Å². The van der Waals surface area contributed by atoms with Gasteiger partial charge in [0.2, 0.25) is 5.95 Å². The second-order valence-corrected chi connectivity index (χ2v) is 11.5. The first-order chi connectivity index (χ1) is 19.1. The minimum absolute atomic E-state index is 0.111. The third kappa shape index (κ3) is 6.51. The van der Waals surface area contributed by atoms with E-state index in [1.54, 1.807) is 36.5 Å². The van der Waals surface area contributed by atoms with Gasteiger partial charge in [-0.05, 0) is 72.9 Å². The van der Waals surface area contributed by atoms with E-state index in [4.69, 9.17) is 0 Å². The Labute approximate surface area is 234 Å². The van der Waals surface area contributed by atoms with Gasteiger partial charge in [-0.3, -0.25) is 4.79 Å². The molecular weight excluding hydrogens is 529 g/mol. The van der Waals surface area contributed by atoms with Gasteiger partial charge in [0, 0.05) is 54.6 Å². The van der Waals surface area contributed by atoms with E-state index in [1.165, 1.54) is 12.1 Å². The molecule has 208 valence electrons. The van der Waals surface area contributed by atoms with Crippen LogP contribution in [0.3, 0.4) is 0 Å². The quantitative estimate of drug-likeness (QED) is 0.263. The molecule has 2 aromatic carbocycles. The maximum Gasteiger partial charge on any atom is 0.254 e. The Morgan fingerprint density at radius 2 is 1.73 bits per heavy atom. The van der Waals surface area contributed by atoms with Crippen LogP contribution in [0, 0.1) is 12.7 Å². The number of anilines is 2. The zero-order valence-electron chi connectivity index (χ0n) is 23.0. The van der Waals surface area contributed by atoms with E-state index in [-0.39, 0.29) is 23.5 Å². The summed E-state index contributed by atoms with van der Waals surface area (Å²) in [4.78, 5) is 27.7. The fourth-order valence-corrected chi connectivity index (χ4v) is 5.23. The zero-order chi connectivity index (χ0) is 28.9. The van der Waals surface area contributed by atoms with E-state index in [0.29, 0.717) is 31.3 Å². The van der Waals surface area contributed by atoms with Crippen LogP contribution < -0.4 is 5.32 Å². The van der Waals surface area contributed by atoms with Gasteiger partial charge in [-0.15, -0.1) is 0 Å². The van der Waals surface area contributed by atoms with Crippen LogP contribution in [0.2, 0.25) is 0 Å². The van der Waals surface area contributed by atoms with Crippen LogP contribution in [0.1, 0.15) is 47.3 Å². The molecule has 0 radical (unpaired) electrons. The van der Waals surface area contributed by atoms with E-state index in [2.05, 4.69) is 20.3 Å². The predicted molar refractivity (Wildman–Crippen MR) is 154 cm³/mol. The third-order valence-corrected chi connectivity index (χ3v) is 7.70. The van der Waals surface area contributed by atoms with Crippen molar-refractivity contribution in [1.82, 2.24) is 19.9 Å². The molecule has 0 unspecified atom stereocenters. The number of hydrogen-bond acceptors (Lipinski definition) is 7. The first-order valence-corrected chi connectivity index (χ1v) is 14.9. The Morgan fingerprint density at radius 1 is 1.00 bits per heavy atom. The number of carbonyl (C=O) groups excluding carboxylic acids is 1. The maximum absolute atomic E-state index is 15.2.